The molecule has 0 amide bonds. The molecule has 0 bridgehead atoms. The van der Waals surface area contributed by atoms with E-state index in [0.717, 1.165) is 38.7 Å². The van der Waals surface area contributed by atoms with Crippen LogP contribution in [0.3, 0.4) is 0 Å². The maximum atomic E-state index is 12.9. The lowest BCUT2D eigenvalue weighted by Crippen LogP contribution is -2.44. The summed E-state index contributed by atoms with van der Waals surface area (Å²) in [5.74, 6) is 0. The molecule has 1 unspecified atom stereocenters. The number of rotatable bonds is 2. The van der Waals surface area contributed by atoms with Crippen molar-refractivity contribution in [2.75, 3.05) is 33.2 Å². The van der Waals surface area contributed by atoms with Crippen LogP contribution in [0.15, 0.2) is 18.2 Å². The van der Waals surface area contributed by atoms with Crippen LogP contribution in [0.2, 0.25) is 5.02 Å². The van der Waals surface area contributed by atoms with Gasteiger partial charge in [-0.25, -0.2) is 0 Å². The fourth-order valence-corrected chi connectivity index (χ4v) is 4.23. The first-order valence-corrected chi connectivity index (χ1v) is 8.42. The van der Waals surface area contributed by atoms with Crippen molar-refractivity contribution in [2.45, 2.75) is 32.0 Å². The third-order valence-electron chi connectivity index (χ3n) is 5.14. The van der Waals surface area contributed by atoms with E-state index in [1.807, 2.05) is 0 Å². The van der Waals surface area contributed by atoms with Crippen LogP contribution in [0.1, 0.15) is 30.4 Å². The molecule has 128 valence electrons. The van der Waals surface area contributed by atoms with Crippen molar-refractivity contribution in [2.24, 2.45) is 5.41 Å². The Kier molecular flexibility index (Phi) is 4.64. The second-order valence-electron chi connectivity index (χ2n) is 7.11. The summed E-state index contributed by atoms with van der Waals surface area (Å²) in [6, 6.07) is 3.61. The normalized spacial score (nSPS) is 27.0. The monoisotopic (exact) mass is 346 g/mol. The van der Waals surface area contributed by atoms with Gasteiger partial charge in [0.15, 0.2) is 0 Å². The molecule has 2 aliphatic rings. The largest absolute Gasteiger partial charge is 0.416 e. The van der Waals surface area contributed by atoms with Crippen LogP contribution in [-0.4, -0.2) is 43.0 Å². The van der Waals surface area contributed by atoms with E-state index in [1.54, 1.807) is 0 Å². The Morgan fingerprint density at radius 3 is 2.61 bits per heavy atom. The van der Waals surface area contributed by atoms with E-state index in [0.29, 0.717) is 22.5 Å². The zero-order valence-corrected chi connectivity index (χ0v) is 14.1. The molecule has 3 rings (SSSR count). The van der Waals surface area contributed by atoms with Crippen LogP contribution in [-0.2, 0) is 12.7 Å². The second-order valence-corrected chi connectivity index (χ2v) is 7.51. The molecule has 23 heavy (non-hydrogen) atoms. The molecule has 2 heterocycles. The zero-order chi connectivity index (χ0) is 16.7. The van der Waals surface area contributed by atoms with Gasteiger partial charge in [0.2, 0.25) is 0 Å². The molecule has 1 spiro atoms. The number of benzene rings is 1. The van der Waals surface area contributed by atoms with Gasteiger partial charge in [-0.1, -0.05) is 11.6 Å². The van der Waals surface area contributed by atoms with Gasteiger partial charge in [0.1, 0.15) is 0 Å². The predicted octanol–water partition coefficient (Wildman–Crippen LogP) is 4.28. The van der Waals surface area contributed by atoms with Crippen LogP contribution < -0.4 is 0 Å². The van der Waals surface area contributed by atoms with Gasteiger partial charge in [0, 0.05) is 24.7 Å². The first-order chi connectivity index (χ1) is 10.8. The summed E-state index contributed by atoms with van der Waals surface area (Å²) in [6.07, 6.45) is -0.832. The van der Waals surface area contributed by atoms with Crippen LogP contribution in [0, 0.1) is 5.41 Å². The summed E-state index contributed by atoms with van der Waals surface area (Å²) in [6.45, 7) is 4.56. The number of alkyl halides is 3. The third-order valence-corrected chi connectivity index (χ3v) is 5.51. The minimum absolute atomic E-state index is 0.307. The molecule has 0 radical (unpaired) electrons. The van der Waals surface area contributed by atoms with E-state index in [4.69, 9.17) is 11.6 Å². The molecule has 2 aliphatic heterocycles. The van der Waals surface area contributed by atoms with Gasteiger partial charge in [-0.05, 0) is 68.6 Å². The lowest BCUT2D eigenvalue weighted by molar-refractivity contribution is -0.137. The minimum Gasteiger partial charge on any atom is -0.306 e. The van der Waals surface area contributed by atoms with Gasteiger partial charge < -0.3 is 4.90 Å². The molecular weight excluding hydrogens is 325 g/mol. The molecule has 0 aliphatic carbocycles. The Hall–Kier alpha value is -0.780. The van der Waals surface area contributed by atoms with Crippen LogP contribution in [0.25, 0.3) is 0 Å². The molecule has 0 aromatic heterocycles. The summed E-state index contributed by atoms with van der Waals surface area (Å²) in [4.78, 5) is 4.62. The van der Waals surface area contributed by atoms with E-state index < -0.39 is 11.7 Å². The van der Waals surface area contributed by atoms with Gasteiger partial charge in [-0.2, -0.15) is 13.2 Å². The van der Waals surface area contributed by atoms with Crippen LogP contribution in [0.4, 0.5) is 13.2 Å². The number of hydrogen-bond donors (Lipinski definition) is 0. The topological polar surface area (TPSA) is 6.48 Å². The van der Waals surface area contributed by atoms with Crippen LogP contribution >= 0.6 is 11.6 Å². The molecule has 1 aromatic carbocycles. The van der Waals surface area contributed by atoms with Gasteiger partial charge >= 0.3 is 6.18 Å². The average Bonchev–Trinajstić information content (AvgIpc) is 2.81. The first kappa shape index (κ1) is 17.1. The van der Waals surface area contributed by atoms with Crippen LogP contribution in [0.5, 0.6) is 0 Å². The Morgan fingerprint density at radius 2 is 1.96 bits per heavy atom. The molecule has 2 fully saturated rings. The molecule has 2 saturated heterocycles. The van der Waals surface area contributed by atoms with Crippen molar-refractivity contribution in [3.8, 4) is 0 Å². The fraction of sp³-hybridized carbons (Fsp3) is 0.647. The third kappa shape index (κ3) is 3.83. The van der Waals surface area contributed by atoms with E-state index >= 15 is 0 Å². The Labute approximate surface area is 140 Å². The molecule has 1 atom stereocenters. The van der Waals surface area contributed by atoms with Crippen molar-refractivity contribution in [1.82, 2.24) is 9.80 Å². The maximum absolute atomic E-state index is 12.9. The zero-order valence-electron chi connectivity index (χ0n) is 13.3. The summed E-state index contributed by atoms with van der Waals surface area (Å²) >= 11 is 6.14. The predicted molar refractivity (Wildman–Crippen MR) is 85.5 cm³/mol. The average molecular weight is 347 g/mol. The second kappa shape index (κ2) is 6.26. The van der Waals surface area contributed by atoms with E-state index in [2.05, 4.69) is 16.8 Å². The Morgan fingerprint density at radius 1 is 1.17 bits per heavy atom. The molecule has 1 aromatic rings. The standard InChI is InChI=1S/C17H22ClF3N2/c1-22-8-6-16(11-22)5-2-7-23(12-16)10-13-9-14(17(19,20)21)3-4-15(13)18/h3-4,9H,2,5-8,10-12H2,1H3. The number of halogens is 4. The SMILES string of the molecule is CN1CCC2(CCCN(Cc3cc(C(F)(F)F)ccc3Cl)C2)C1. The van der Waals surface area contributed by atoms with E-state index in [1.165, 1.54) is 25.0 Å². The smallest absolute Gasteiger partial charge is 0.306 e. The van der Waals surface area contributed by atoms with Crippen molar-refractivity contribution in [3.05, 3.63) is 34.3 Å². The molecule has 6 heteroatoms. The highest BCUT2D eigenvalue weighted by Gasteiger charge is 2.40. The summed E-state index contributed by atoms with van der Waals surface area (Å²) in [7, 11) is 2.14. The molecule has 0 saturated carbocycles. The lowest BCUT2D eigenvalue weighted by atomic mass is 9.79. The van der Waals surface area contributed by atoms with Crippen molar-refractivity contribution in [3.63, 3.8) is 0 Å². The number of likely N-dealkylation sites (tertiary alicyclic amines) is 2. The first-order valence-electron chi connectivity index (χ1n) is 8.04. The van der Waals surface area contributed by atoms with Crippen molar-refractivity contribution >= 4 is 11.6 Å². The molecule has 0 N–H and O–H groups in total. The Balaban J connectivity index is 1.74. The van der Waals surface area contributed by atoms with Gasteiger partial charge in [-0.15, -0.1) is 0 Å². The van der Waals surface area contributed by atoms with Gasteiger partial charge in [0.25, 0.3) is 0 Å². The van der Waals surface area contributed by atoms with Crippen molar-refractivity contribution in [1.29, 1.82) is 0 Å². The summed E-state index contributed by atoms with van der Waals surface area (Å²) in [5.41, 5.74) is 0.260. The highest BCUT2D eigenvalue weighted by molar-refractivity contribution is 6.31. The summed E-state index contributed by atoms with van der Waals surface area (Å²) < 4.78 is 38.7. The van der Waals surface area contributed by atoms with E-state index in [-0.39, 0.29) is 0 Å². The molecular formula is C17H22ClF3N2. The van der Waals surface area contributed by atoms with Gasteiger partial charge in [0.05, 0.1) is 5.56 Å². The highest BCUT2D eigenvalue weighted by Crippen LogP contribution is 2.39. The Bertz CT molecular complexity index is 571. The quantitative estimate of drug-likeness (QED) is 0.788. The summed E-state index contributed by atoms with van der Waals surface area (Å²) in [5, 5.41) is 0.418. The molecule has 2 nitrogen and oxygen atoms in total. The van der Waals surface area contributed by atoms with Gasteiger partial charge in [-0.3, -0.25) is 4.90 Å². The highest BCUT2D eigenvalue weighted by atomic mass is 35.5. The number of hydrogen-bond acceptors (Lipinski definition) is 2. The maximum Gasteiger partial charge on any atom is 0.416 e. The van der Waals surface area contributed by atoms with Crippen molar-refractivity contribution < 1.29 is 13.2 Å². The minimum atomic E-state index is -4.32. The number of piperidine rings is 1. The fourth-order valence-electron chi connectivity index (χ4n) is 4.05. The van der Waals surface area contributed by atoms with E-state index in [9.17, 15) is 13.2 Å². The number of nitrogens with zero attached hydrogens (tertiary/aromatic N) is 2. The lowest BCUT2D eigenvalue weighted by Gasteiger charge is -2.40.